The monoisotopic (exact) mass is 282 g/mol. The molecule has 2 aromatic carbocycles. The number of nitrogens with zero attached hydrogens (tertiary/aromatic N) is 2. The molecule has 0 N–H and O–H groups in total. The first-order valence-electron chi connectivity index (χ1n) is 4.63. The van der Waals surface area contributed by atoms with Gasteiger partial charge in [0, 0.05) is 0 Å². The van der Waals surface area contributed by atoms with E-state index in [1.807, 2.05) is 42.5 Å². The van der Waals surface area contributed by atoms with Crippen molar-refractivity contribution in [3.63, 3.8) is 0 Å². The molecule has 0 bridgehead atoms. The Morgan fingerprint density at radius 3 is 2.20 bits per heavy atom. The molecule has 0 unspecified atom stereocenters. The first-order chi connectivity index (χ1) is 7.34. The summed E-state index contributed by atoms with van der Waals surface area (Å²) in [5, 5.41) is 0. The molecule has 0 saturated heterocycles. The van der Waals surface area contributed by atoms with Crippen molar-refractivity contribution in [2.45, 2.75) is 0 Å². The van der Waals surface area contributed by atoms with Crippen molar-refractivity contribution in [3.8, 4) is 0 Å². The maximum absolute atomic E-state index is 4.59. The summed E-state index contributed by atoms with van der Waals surface area (Å²) in [6.45, 7) is 0. The first kappa shape index (κ1) is 8.93. The molecule has 0 atom stereocenters. The van der Waals surface area contributed by atoms with Crippen LogP contribution in [0.15, 0.2) is 42.5 Å². The fourth-order valence-corrected chi connectivity index (χ4v) is 2.05. The zero-order chi connectivity index (χ0) is 10.3. The standard InChI is InChI=1S/C12H7N2.Rh/c1-2-6-10-9(5-1)13-11-7-3-4-8-12(11)14-10;/h1-7H;. The second kappa shape index (κ2) is 3.35. The summed E-state index contributed by atoms with van der Waals surface area (Å²) in [5.74, 6) is 0. The van der Waals surface area contributed by atoms with Gasteiger partial charge in [0.05, 0.1) is 0 Å². The van der Waals surface area contributed by atoms with Crippen LogP contribution < -0.4 is 4.16 Å². The number of para-hydroxylation sites is 3. The molecule has 1 aromatic heterocycles. The van der Waals surface area contributed by atoms with Gasteiger partial charge in [-0.1, -0.05) is 0 Å². The molecule has 3 heteroatoms. The van der Waals surface area contributed by atoms with Crippen molar-refractivity contribution in [3.05, 3.63) is 42.5 Å². The molecule has 0 aliphatic rings. The first-order valence-corrected chi connectivity index (χ1v) is 5.45. The van der Waals surface area contributed by atoms with Crippen LogP contribution in [0.5, 0.6) is 0 Å². The van der Waals surface area contributed by atoms with Gasteiger partial charge in [-0.2, -0.15) is 0 Å². The van der Waals surface area contributed by atoms with Gasteiger partial charge in [-0.3, -0.25) is 0 Å². The van der Waals surface area contributed by atoms with Crippen LogP contribution in [0, 0.1) is 0 Å². The molecule has 0 fully saturated rings. The van der Waals surface area contributed by atoms with E-state index < -0.39 is 0 Å². The van der Waals surface area contributed by atoms with Crippen LogP contribution in [-0.4, -0.2) is 9.97 Å². The van der Waals surface area contributed by atoms with E-state index >= 15 is 0 Å². The Balaban J connectivity index is 2.53. The van der Waals surface area contributed by atoms with Crippen molar-refractivity contribution < 1.29 is 18.3 Å². The topological polar surface area (TPSA) is 25.8 Å². The van der Waals surface area contributed by atoms with Gasteiger partial charge in [0.25, 0.3) is 0 Å². The van der Waals surface area contributed by atoms with E-state index in [4.69, 9.17) is 0 Å². The third kappa shape index (κ3) is 1.44. The quantitative estimate of drug-likeness (QED) is 0.465. The average Bonchev–Trinajstić information content (AvgIpc) is 2.27. The van der Waals surface area contributed by atoms with E-state index in [-0.39, 0.29) is 0 Å². The second-order valence-electron chi connectivity index (χ2n) is 3.30. The van der Waals surface area contributed by atoms with Crippen LogP contribution in [0.4, 0.5) is 0 Å². The Hall–Kier alpha value is -1.34. The molecule has 0 spiro atoms. The molecule has 1 heterocycles. The van der Waals surface area contributed by atoms with Gasteiger partial charge in [0.1, 0.15) is 0 Å². The molecular weight excluding hydrogens is 275 g/mol. The number of fused-ring (bicyclic) bond motifs is 2. The van der Waals surface area contributed by atoms with Gasteiger partial charge in [-0.05, 0) is 0 Å². The van der Waals surface area contributed by atoms with Crippen LogP contribution in [0.3, 0.4) is 0 Å². The van der Waals surface area contributed by atoms with Gasteiger partial charge in [-0.25, -0.2) is 0 Å². The van der Waals surface area contributed by atoms with Gasteiger partial charge in [0.15, 0.2) is 0 Å². The van der Waals surface area contributed by atoms with Gasteiger partial charge in [0.2, 0.25) is 0 Å². The number of benzene rings is 2. The van der Waals surface area contributed by atoms with Crippen LogP contribution >= 0.6 is 0 Å². The van der Waals surface area contributed by atoms with Crippen molar-refractivity contribution in [2.75, 3.05) is 0 Å². The van der Waals surface area contributed by atoms with E-state index in [0.717, 1.165) is 26.2 Å². The average molecular weight is 282 g/mol. The zero-order valence-electron chi connectivity index (χ0n) is 7.77. The summed E-state index contributed by atoms with van der Waals surface area (Å²) in [6.07, 6.45) is 0. The predicted molar refractivity (Wildman–Crippen MR) is 56.7 cm³/mol. The molecule has 0 saturated carbocycles. The third-order valence-corrected chi connectivity index (χ3v) is 2.96. The molecule has 74 valence electrons. The van der Waals surface area contributed by atoms with Crippen molar-refractivity contribution in [1.29, 1.82) is 0 Å². The normalized spacial score (nSPS) is 11.1. The summed E-state index contributed by atoms with van der Waals surface area (Å²) < 4.78 is 1.06. The Labute approximate surface area is 97.0 Å². The summed E-state index contributed by atoms with van der Waals surface area (Å²) >= 11 is 2.89. The molecule has 0 radical (unpaired) electrons. The molecule has 2 nitrogen and oxygen atoms in total. The van der Waals surface area contributed by atoms with Crippen LogP contribution in [0.1, 0.15) is 0 Å². The van der Waals surface area contributed by atoms with Crippen LogP contribution in [0.25, 0.3) is 22.1 Å². The van der Waals surface area contributed by atoms with E-state index in [1.165, 1.54) is 0 Å². The Kier molecular flexibility index (Phi) is 2.00. The van der Waals surface area contributed by atoms with Gasteiger partial charge in [-0.15, -0.1) is 0 Å². The summed E-state index contributed by atoms with van der Waals surface area (Å²) in [4.78, 5) is 9.15. The molecule has 3 aromatic rings. The van der Waals surface area contributed by atoms with E-state index in [9.17, 15) is 0 Å². The Bertz CT molecular complexity index is 649. The number of hydrogen-bond acceptors (Lipinski definition) is 2. The molecular formula is C12H7N2Rh. The van der Waals surface area contributed by atoms with Gasteiger partial charge >= 0.3 is 97.0 Å². The fourth-order valence-electron chi connectivity index (χ4n) is 1.60. The summed E-state index contributed by atoms with van der Waals surface area (Å²) in [6, 6.07) is 13.9. The number of aromatic nitrogens is 2. The van der Waals surface area contributed by atoms with E-state index in [2.05, 4.69) is 28.3 Å². The Morgan fingerprint density at radius 2 is 1.40 bits per heavy atom. The van der Waals surface area contributed by atoms with Crippen LogP contribution in [-0.2, 0) is 18.3 Å². The van der Waals surface area contributed by atoms with Gasteiger partial charge < -0.3 is 0 Å². The van der Waals surface area contributed by atoms with E-state index in [0.29, 0.717) is 0 Å². The minimum absolute atomic E-state index is 0.939. The molecule has 15 heavy (non-hydrogen) atoms. The summed E-state index contributed by atoms with van der Waals surface area (Å²) in [5.41, 5.74) is 3.77. The maximum atomic E-state index is 4.59. The zero-order valence-corrected chi connectivity index (χ0v) is 9.41. The second-order valence-corrected chi connectivity index (χ2v) is 4.18. The third-order valence-electron chi connectivity index (χ3n) is 2.30. The van der Waals surface area contributed by atoms with Crippen molar-refractivity contribution in [2.24, 2.45) is 0 Å². The summed E-state index contributed by atoms with van der Waals surface area (Å²) in [7, 11) is 0. The molecule has 3 rings (SSSR count). The van der Waals surface area contributed by atoms with Crippen LogP contribution in [0.2, 0.25) is 0 Å². The van der Waals surface area contributed by atoms with Crippen molar-refractivity contribution >= 4 is 26.2 Å². The Morgan fingerprint density at radius 1 is 0.733 bits per heavy atom. The molecule has 0 amide bonds. The molecule has 0 aliphatic carbocycles. The fraction of sp³-hybridized carbons (Fsp3) is 0. The minimum atomic E-state index is 0.939. The number of hydrogen-bond donors (Lipinski definition) is 0. The molecule has 0 aliphatic heterocycles. The number of rotatable bonds is 0. The SMILES string of the molecule is [Rh][c]1cccc2nc3ccccc3nc12. The van der Waals surface area contributed by atoms with Crippen molar-refractivity contribution in [1.82, 2.24) is 9.97 Å². The van der Waals surface area contributed by atoms with E-state index in [1.54, 1.807) is 0 Å². The predicted octanol–water partition coefficient (Wildman–Crippen LogP) is 1.96.